The van der Waals surface area contributed by atoms with Gasteiger partial charge >= 0.3 is 6.03 Å². The number of amides is 2. The van der Waals surface area contributed by atoms with Crippen LogP contribution in [0.25, 0.3) is 0 Å². The largest absolute Gasteiger partial charge is 0.388 e. The zero-order valence-corrected chi connectivity index (χ0v) is 16.7. The van der Waals surface area contributed by atoms with Gasteiger partial charge in [0.15, 0.2) is 0 Å². The third-order valence-corrected chi connectivity index (χ3v) is 5.37. The van der Waals surface area contributed by atoms with Crippen molar-refractivity contribution in [2.75, 3.05) is 32.0 Å². The number of carbonyl (C=O) groups excluding carboxylic acids is 1. The number of anilines is 1. The predicted molar refractivity (Wildman–Crippen MR) is 113 cm³/mol. The molecule has 0 unspecified atom stereocenters. The number of nitrogens with one attached hydrogen (secondary N) is 1. The van der Waals surface area contributed by atoms with Crippen molar-refractivity contribution in [3.63, 3.8) is 0 Å². The van der Waals surface area contributed by atoms with Crippen molar-refractivity contribution >= 4 is 11.7 Å². The summed E-state index contributed by atoms with van der Waals surface area (Å²) in [5, 5.41) is 13.3. The van der Waals surface area contributed by atoms with E-state index < -0.39 is 6.10 Å². The molecule has 28 heavy (non-hydrogen) atoms. The average molecular weight is 382 g/mol. The summed E-state index contributed by atoms with van der Waals surface area (Å²) in [6.07, 6.45) is 3.75. The topological polar surface area (TPSA) is 55.8 Å². The molecule has 1 heterocycles. The van der Waals surface area contributed by atoms with E-state index in [1.165, 1.54) is 19.3 Å². The van der Waals surface area contributed by atoms with Gasteiger partial charge in [-0.2, -0.15) is 0 Å². The van der Waals surface area contributed by atoms with Crippen LogP contribution in [-0.4, -0.2) is 47.6 Å². The molecule has 150 valence electrons. The second kappa shape index (κ2) is 10.2. The molecule has 0 bridgehead atoms. The molecule has 2 aromatic carbocycles. The van der Waals surface area contributed by atoms with E-state index in [-0.39, 0.29) is 6.03 Å². The molecular weight excluding hydrogens is 350 g/mol. The quantitative estimate of drug-likeness (QED) is 0.753. The monoisotopic (exact) mass is 381 g/mol. The number of rotatable bonds is 7. The maximum Gasteiger partial charge on any atom is 0.321 e. The number of hydrogen-bond donors (Lipinski definition) is 2. The number of benzene rings is 2. The minimum Gasteiger partial charge on any atom is -0.388 e. The lowest BCUT2D eigenvalue weighted by Gasteiger charge is -2.27. The third kappa shape index (κ3) is 5.81. The fraction of sp³-hybridized carbons (Fsp3) is 0.435. The van der Waals surface area contributed by atoms with Crippen LogP contribution in [0.2, 0.25) is 0 Å². The Kier molecular flexibility index (Phi) is 7.46. The minimum absolute atomic E-state index is 0.147. The van der Waals surface area contributed by atoms with Gasteiger partial charge in [-0.3, -0.25) is 4.90 Å². The first-order valence-corrected chi connectivity index (χ1v) is 10.2. The van der Waals surface area contributed by atoms with E-state index in [4.69, 9.17) is 0 Å². The van der Waals surface area contributed by atoms with Gasteiger partial charge in [0.1, 0.15) is 0 Å². The number of carbonyl (C=O) groups is 1. The molecule has 2 aromatic rings. The molecule has 1 aliphatic heterocycles. The molecular formula is C23H31N3O2. The van der Waals surface area contributed by atoms with Gasteiger partial charge in [0.2, 0.25) is 0 Å². The summed E-state index contributed by atoms with van der Waals surface area (Å²) in [4.78, 5) is 16.7. The summed E-state index contributed by atoms with van der Waals surface area (Å²) in [6, 6.07) is 17.4. The number of urea groups is 1. The average Bonchev–Trinajstić information content (AvgIpc) is 2.74. The fourth-order valence-electron chi connectivity index (χ4n) is 3.61. The van der Waals surface area contributed by atoms with E-state index in [2.05, 4.69) is 16.3 Å². The van der Waals surface area contributed by atoms with Crippen molar-refractivity contribution in [3.8, 4) is 0 Å². The van der Waals surface area contributed by atoms with Crippen molar-refractivity contribution < 1.29 is 9.90 Å². The number of nitrogens with zero attached hydrogens (tertiary/aromatic N) is 2. The molecule has 0 aromatic heterocycles. The highest BCUT2D eigenvalue weighted by molar-refractivity contribution is 5.90. The zero-order chi connectivity index (χ0) is 19.8. The van der Waals surface area contributed by atoms with Gasteiger partial charge in [-0.05, 0) is 49.5 Å². The number of aliphatic hydroxyl groups is 1. The number of hydrogen-bond acceptors (Lipinski definition) is 3. The van der Waals surface area contributed by atoms with Crippen LogP contribution in [0.1, 0.15) is 42.9 Å². The summed E-state index contributed by atoms with van der Waals surface area (Å²) in [5.74, 6) is 0. The fourth-order valence-corrected chi connectivity index (χ4v) is 3.61. The molecule has 0 radical (unpaired) electrons. The summed E-state index contributed by atoms with van der Waals surface area (Å²) >= 11 is 0. The highest BCUT2D eigenvalue weighted by atomic mass is 16.3. The summed E-state index contributed by atoms with van der Waals surface area (Å²) in [6.45, 7) is 3.60. The Morgan fingerprint density at radius 2 is 1.75 bits per heavy atom. The molecule has 2 N–H and O–H groups in total. The van der Waals surface area contributed by atoms with Gasteiger partial charge < -0.3 is 15.3 Å². The van der Waals surface area contributed by atoms with Gasteiger partial charge in [0.25, 0.3) is 0 Å². The van der Waals surface area contributed by atoms with Crippen LogP contribution >= 0.6 is 0 Å². The standard InChI is InChI=1S/C23H31N3O2/c1-25(17-14-22(27)19-10-4-2-5-11-19)23(28)24-21-13-7-6-12-20(21)18-26-15-8-3-9-16-26/h2,4-7,10-13,22,27H,3,8-9,14-18H2,1H3,(H,24,28)/t22-/m0/s1. The van der Waals surface area contributed by atoms with Gasteiger partial charge in [-0.1, -0.05) is 55.0 Å². The lowest BCUT2D eigenvalue weighted by molar-refractivity contribution is 0.152. The Morgan fingerprint density at radius 1 is 1.07 bits per heavy atom. The smallest absolute Gasteiger partial charge is 0.321 e. The molecule has 5 nitrogen and oxygen atoms in total. The van der Waals surface area contributed by atoms with E-state index in [1.807, 2.05) is 48.5 Å². The number of para-hydroxylation sites is 1. The summed E-state index contributed by atoms with van der Waals surface area (Å²) in [5.41, 5.74) is 2.90. The van der Waals surface area contributed by atoms with E-state index in [1.54, 1.807) is 11.9 Å². The number of piperidine rings is 1. The molecule has 1 atom stereocenters. The van der Waals surface area contributed by atoms with E-state index in [9.17, 15) is 9.90 Å². The van der Waals surface area contributed by atoms with Crippen LogP contribution in [0.4, 0.5) is 10.5 Å². The lowest BCUT2D eigenvalue weighted by atomic mass is 10.1. The molecule has 0 aliphatic carbocycles. The summed E-state index contributed by atoms with van der Waals surface area (Å²) < 4.78 is 0. The molecule has 5 heteroatoms. The van der Waals surface area contributed by atoms with Crippen LogP contribution < -0.4 is 5.32 Å². The van der Waals surface area contributed by atoms with Gasteiger partial charge in [0, 0.05) is 25.8 Å². The lowest BCUT2D eigenvalue weighted by Crippen LogP contribution is -2.34. The first-order chi connectivity index (χ1) is 13.6. The first kappa shape index (κ1) is 20.4. The predicted octanol–water partition coefficient (Wildman–Crippen LogP) is 4.26. The van der Waals surface area contributed by atoms with Crippen LogP contribution in [0, 0.1) is 0 Å². The zero-order valence-electron chi connectivity index (χ0n) is 16.7. The van der Waals surface area contributed by atoms with E-state index in [0.717, 1.165) is 36.4 Å². The molecule has 1 saturated heterocycles. The normalized spacial score (nSPS) is 15.8. The number of aliphatic hydroxyl groups excluding tert-OH is 1. The molecule has 2 amide bonds. The van der Waals surface area contributed by atoms with Crippen molar-refractivity contribution in [1.82, 2.24) is 9.80 Å². The van der Waals surface area contributed by atoms with E-state index in [0.29, 0.717) is 13.0 Å². The van der Waals surface area contributed by atoms with Crippen LogP contribution in [0.3, 0.4) is 0 Å². The van der Waals surface area contributed by atoms with E-state index >= 15 is 0 Å². The van der Waals surface area contributed by atoms with Crippen molar-refractivity contribution in [3.05, 3.63) is 65.7 Å². The Labute approximate surface area is 168 Å². The third-order valence-electron chi connectivity index (χ3n) is 5.37. The van der Waals surface area contributed by atoms with Gasteiger partial charge in [0.05, 0.1) is 6.10 Å². The van der Waals surface area contributed by atoms with Crippen LogP contribution in [-0.2, 0) is 6.54 Å². The minimum atomic E-state index is -0.567. The van der Waals surface area contributed by atoms with Gasteiger partial charge in [-0.15, -0.1) is 0 Å². The molecule has 1 aliphatic rings. The summed E-state index contributed by atoms with van der Waals surface area (Å²) in [7, 11) is 1.76. The Bertz CT molecular complexity index is 745. The first-order valence-electron chi connectivity index (χ1n) is 10.2. The van der Waals surface area contributed by atoms with Crippen molar-refractivity contribution in [2.24, 2.45) is 0 Å². The Hall–Kier alpha value is -2.37. The molecule has 0 saturated carbocycles. The molecule has 3 rings (SSSR count). The SMILES string of the molecule is CN(CC[C@H](O)c1ccccc1)C(=O)Nc1ccccc1CN1CCCCC1. The highest BCUT2D eigenvalue weighted by Gasteiger charge is 2.16. The maximum atomic E-state index is 12.6. The Morgan fingerprint density at radius 3 is 2.50 bits per heavy atom. The second-order valence-corrected chi connectivity index (χ2v) is 7.56. The van der Waals surface area contributed by atoms with Crippen molar-refractivity contribution in [1.29, 1.82) is 0 Å². The van der Waals surface area contributed by atoms with Gasteiger partial charge in [-0.25, -0.2) is 4.79 Å². The highest BCUT2D eigenvalue weighted by Crippen LogP contribution is 2.21. The number of likely N-dealkylation sites (tertiary alicyclic amines) is 1. The van der Waals surface area contributed by atoms with Crippen LogP contribution in [0.5, 0.6) is 0 Å². The maximum absolute atomic E-state index is 12.6. The second-order valence-electron chi connectivity index (χ2n) is 7.56. The Balaban J connectivity index is 1.53. The van der Waals surface area contributed by atoms with Crippen LogP contribution in [0.15, 0.2) is 54.6 Å². The molecule has 0 spiro atoms. The van der Waals surface area contributed by atoms with Crippen molar-refractivity contribution in [2.45, 2.75) is 38.3 Å². The molecule has 1 fully saturated rings.